The highest BCUT2D eigenvalue weighted by Gasteiger charge is 2.05. The standard InChI is InChI=1S/C15H16FNO2/c1-18-14-7-4-12(15(16)8-14)10-19-13-5-2-11(9-17)3-6-13/h2-8H,9-10,17H2,1H3. The number of halogens is 1. The number of nitrogens with two attached hydrogens (primary N) is 1. The zero-order valence-corrected chi connectivity index (χ0v) is 10.7. The first-order valence-electron chi connectivity index (χ1n) is 5.97. The molecule has 0 fully saturated rings. The lowest BCUT2D eigenvalue weighted by Crippen LogP contribution is -2.00. The van der Waals surface area contributed by atoms with E-state index in [4.69, 9.17) is 15.2 Å². The summed E-state index contributed by atoms with van der Waals surface area (Å²) in [5.41, 5.74) is 7.03. The van der Waals surface area contributed by atoms with E-state index in [0.717, 1.165) is 5.56 Å². The van der Waals surface area contributed by atoms with Crippen molar-refractivity contribution in [2.45, 2.75) is 13.2 Å². The molecule has 0 heterocycles. The third kappa shape index (κ3) is 3.45. The second-order valence-corrected chi connectivity index (χ2v) is 4.09. The molecule has 4 heteroatoms. The van der Waals surface area contributed by atoms with Gasteiger partial charge in [-0.05, 0) is 29.8 Å². The Hall–Kier alpha value is -2.07. The van der Waals surface area contributed by atoms with Gasteiger partial charge >= 0.3 is 0 Å². The lowest BCUT2D eigenvalue weighted by molar-refractivity contribution is 0.299. The number of hydrogen-bond donors (Lipinski definition) is 1. The minimum atomic E-state index is -0.335. The van der Waals surface area contributed by atoms with Crippen molar-refractivity contribution in [1.29, 1.82) is 0 Å². The smallest absolute Gasteiger partial charge is 0.133 e. The highest BCUT2D eigenvalue weighted by molar-refractivity contribution is 5.30. The van der Waals surface area contributed by atoms with Gasteiger partial charge in [0.15, 0.2) is 0 Å². The fourth-order valence-electron chi connectivity index (χ4n) is 1.65. The Labute approximate surface area is 111 Å². The summed E-state index contributed by atoms with van der Waals surface area (Å²) in [6.45, 7) is 0.672. The molecule has 0 saturated heterocycles. The maximum absolute atomic E-state index is 13.7. The van der Waals surface area contributed by atoms with E-state index in [-0.39, 0.29) is 12.4 Å². The Balaban J connectivity index is 2.01. The van der Waals surface area contributed by atoms with E-state index >= 15 is 0 Å². The first kappa shape index (κ1) is 13.4. The van der Waals surface area contributed by atoms with Crippen molar-refractivity contribution in [2.24, 2.45) is 5.73 Å². The Morgan fingerprint density at radius 3 is 2.32 bits per heavy atom. The first-order valence-corrected chi connectivity index (χ1v) is 5.97. The van der Waals surface area contributed by atoms with Gasteiger partial charge in [-0.15, -0.1) is 0 Å². The predicted octanol–water partition coefficient (Wildman–Crippen LogP) is 2.87. The van der Waals surface area contributed by atoms with Crippen LogP contribution in [0.3, 0.4) is 0 Å². The summed E-state index contributed by atoms with van der Waals surface area (Å²) in [4.78, 5) is 0. The average Bonchev–Trinajstić information content (AvgIpc) is 2.46. The van der Waals surface area contributed by atoms with Crippen molar-refractivity contribution in [1.82, 2.24) is 0 Å². The molecule has 2 rings (SSSR count). The monoisotopic (exact) mass is 261 g/mol. The summed E-state index contributed by atoms with van der Waals surface area (Å²) < 4.78 is 24.2. The molecule has 0 aliphatic rings. The fourth-order valence-corrected chi connectivity index (χ4v) is 1.65. The summed E-state index contributed by atoms with van der Waals surface area (Å²) in [6, 6.07) is 12.1. The molecule has 0 unspecified atom stereocenters. The van der Waals surface area contributed by atoms with Gasteiger partial charge in [-0.2, -0.15) is 0 Å². The zero-order valence-electron chi connectivity index (χ0n) is 10.7. The van der Waals surface area contributed by atoms with Crippen LogP contribution in [-0.2, 0) is 13.2 Å². The largest absolute Gasteiger partial charge is 0.497 e. The molecule has 3 nitrogen and oxygen atoms in total. The van der Waals surface area contributed by atoms with Crippen LogP contribution in [0.5, 0.6) is 11.5 Å². The summed E-state index contributed by atoms with van der Waals surface area (Å²) in [7, 11) is 1.50. The lowest BCUT2D eigenvalue weighted by Gasteiger charge is -2.08. The Morgan fingerprint density at radius 2 is 1.74 bits per heavy atom. The van der Waals surface area contributed by atoms with Crippen LogP contribution in [0.2, 0.25) is 0 Å². The Bertz CT molecular complexity index is 540. The predicted molar refractivity (Wildman–Crippen MR) is 71.6 cm³/mol. The maximum atomic E-state index is 13.7. The van der Waals surface area contributed by atoms with Gasteiger partial charge in [0.2, 0.25) is 0 Å². The van der Waals surface area contributed by atoms with Crippen LogP contribution in [0, 0.1) is 5.82 Å². The topological polar surface area (TPSA) is 44.5 Å². The molecule has 100 valence electrons. The molecule has 0 saturated carbocycles. The van der Waals surface area contributed by atoms with E-state index in [1.165, 1.54) is 13.2 Å². The van der Waals surface area contributed by atoms with Crippen molar-refractivity contribution in [3.05, 3.63) is 59.4 Å². The van der Waals surface area contributed by atoms with Gasteiger partial charge in [0.25, 0.3) is 0 Å². The van der Waals surface area contributed by atoms with E-state index < -0.39 is 0 Å². The second kappa shape index (κ2) is 6.20. The van der Waals surface area contributed by atoms with Gasteiger partial charge in [0.05, 0.1) is 7.11 Å². The molecule has 19 heavy (non-hydrogen) atoms. The third-order valence-corrected chi connectivity index (χ3v) is 2.81. The summed E-state index contributed by atoms with van der Waals surface area (Å²) in [5.74, 6) is 0.846. The number of ether oxygens (including phenoxy) is 2. The number of benzene rings is 2. The number of methoxy groups -OCH3 is 1. The van der Waals surface area contributed by atoms with E-state index in [1.54, 1.807) is 12.1 Å². The highest BCUT2D eigenvalue weighted by atomic mass is 19.1. The fraction of sp³-hybridized carbons (Fsp3) is 0.200. The van der Waals surface area contributed by atoms with Gasteiger partial charge in [-0.25, -0.2) is 4.39 Å². The molecule has 0 aromatic heterocycles. The van der Waals surface area contributed by atoms with E-state index in [0.29, 0.717) is 23.6 Å². The zero-order chi connectivity index (χ0) is 13.7. The van der Waals surface area contributed by atoms with Gasteiger partial charge in [-0.1, -0.05) is 12.1 Å². The number of rotatable bonds is 5. The average molecular weight is 261 g/mol. The van der Waals surface area contributed by atoms with Crippen molar-refractivity contribution < 1.29 is 13.9 Å². The molecule has 0 atom stereocenters. The summed E-state index contributed by atoms with van der Waals surface area (Å²) >= 11 is 0. The highest BCUT2D eigenvalue weighted by Crippen LogP contribution is 2.19. The number of hydrogen-bond acceptors (Lipinski definition) is 3. The summed E-state index contributed by atoms with van der Waals surface area (Å²) in [6.07, 6.45) is 0. The summed E-state index contributed by atoms with van der Waals surface area (Å²) in [5, 5.41) is 0. The van der Waals surface area contributed by atoms with E-state index in [9.17, 15) is 4.39 Å². The maximum Gasteiger partial charge on any atom is 0.133 e. The molecule has 2 aromatic rings. The van der Waals surface area contributed by atoms with E-state index in [2.05, 4.69) is 0 Å². The van der Waals surface area contributed by atoms with Crippen LogP contribution in [0.15, 0.2) is 42.5 Å². The quantitative estimate of drug-likeness (QED) is 0.900. The van der Waals surface area contributed by atoms with Crippen LogP contribution in [0.1, 0.15) is 11.1 Å². The molecule has 0 bridgehead atoms. The van der Waals surface area contributed by atoms with Crippen LogP contribution < -0.4 is 15.2 Å². The van der Waals surface area contributed by atoms with E-state index in [1.807, 2.05) is 24.3 Å². The molecular formula is C15H16FNO2. The molecule has 0 radical (unpaired) electrons. The SMILES string of the molecule is COc1ccc(COc2ccc(CN)cc2)c(F)c1. The molecule has 0 spiro atoms. The lowest BCUT2D eigenvalue weighted by atomic mass is 10.2. The first-order chi connectivity index (χ1) is 9.22. The van der Waals surface area contributed by atoms with Gasteiger partial charge < -0.3 is 15.2 Å². The second-order valence-electron chi connectivity index (χ2n) is 4.09. The van der Waals surface area contributed by atoms with Crippen LogP contribution in [0.4, 0.5) is 4.39 Å². The molecule has 2 aromatic carbocycles. The molecule has 2 N–H and O–H groups in total. The van der Waals surface area contributed by atoms with Crippen LogP contribution in [-0.4, -0.2) is 7.11 Å². The van der Waals surface area contributed by atoms with Crippen LogP contribution >= 0.6 is 0 Å². The van der Waals surface area contributed by atoms with Gasteiger partial charge in [0, 0.05) is 18.2 Å². The van der Waals surface area contributed by atoms with Crippen molar-refractivity contribution in [2.75, 3.05) is 7.11 Å². The minimum Gasteiger partial charge on any atom is -0.497 e. The Kier molecular flexibility index (Phi) is 4.36. The molecular weight excluding hydrogens is 245 g/mol. The molecule has 0 amide bonds. The third-order valence-electron chi connectivity index (χ3n) is 2.81. The normalized spacial score (nSPS) is 10.3. The van der Waals surface area contributed by atoms with Crippen molar-refractivity contribution >= 4 is 0 Å². The van der Waals surface area contributed by atoms with Gasteiger partial charge in [-0.3, -0.25) is 0 Å². The Morgan fingerprint density at radius 1 is 1.05 bits per heavy atom. The minimum absolute atomic E-state index is 0.178. The molecule has 0 aliphatic heterocycles. The van der Waals surface area contributed by atoms with Gasteiger partial charge in [0.1, 0.15) is 23.9 Å². The molecule has 0 aliphatic carbocycles. The van der Waals surface area contributed by atoms with Crippen LogP contribution in [0.25, 0.3) is 0 Å². The van der Waals surface area contributed by atoms with Crippen molar-refractivity contribution in [3.8, 4) is 11.5 Å². The van der Waals surface area contributed by atoms with Crippen molar-refractivity contribution in [3.63, 3.8) is 0 Å².